The minimum Gasteiger partial charge on any atom is -0.358 e. The molecule has 186 valence electrons. The maximum atomic E-state index is 4.59. The average Bonchev–Trinajstić information content (AvgIpc) is 2.72. The molecule has 0 bridgehead atoms. The zero-order chi connectivity index (χ0) is 21.9. The maximum Gasteiger partial charge on any atom is 2.00 e. The Kier molecular flexibility index (Phi) is 18.2. The van der Waals surface area contributed by atoms with E-state index in [0.717, 1.165) is 57.1 Å². The predicted molar refractivity (Wildman–Crippen MR) is 144 cm³/mol. The van der Waals surface area contributed by atoms with E-state index in [2.05, 4.69) is 81.2 Å². The molecule has 0 aliphatic carbocycles. The summed E-state index contributed by atoms with van der Waals surface area (Å²) >= 11 is 0. The zero-order valence-corrected chi connectivity index (χ0v) is 23.9. The molecule has 0 saturated carbocycles. The number of hydrogen-bond donors (Lipinski definition) is 0. The third-order valence-corrected chi connectivity index (χ3v) is 5.66. The van der Waals surface area contributed by atoms with Crippen molar-refractivity contribution in [3.63, 3.8) is 0 Å². The summed E-state index contributed by atoms with van der Waals surface area (Å²) < 4.78 is 0. The zero-order valence-electron chi connectivity index (χ0n) is 22.3. The first-order valence-corrected chi connectivity index (χ1v) is 11.9. The normalized spacial score (nSPS) is 10.2. The third-order valence-electron chi connectivity index (χ3n) is 5.66. The van der Waals surface area contributed by atoms with Crippen molar-refractivity contribution in [3.05, 3.63) is 90.3 Å². The van der Waals surface area contributed by atoms with Gasteiger partial charge in [0.2, 0.25) is 0 Å². The molecule has 2 aromatic rings. The summed E-state index contributed by atoms with van der Waals surface area (Å²) in [5.74, 6) is 0. The first-order valence-electron chi connectivity index (χ1n) is 11.9. The second kappa shape index (κ2) is 17.9. The Labute approximate surface area is 219 Å². The first kappa shape index (κ1) is 33.6. The van der Waals surface area contributed by atoms with Crippen LogP contribution >= 0.6 is 0 Å². The first-order chi connectivity index (χ1) is 14.6. The van der Waals surface area contributed by atoms with Gasteiger partial charge in [0, 0.05) is 12.6 Å². The van der Waals surface area contributed by atoms with Crippen molar-refractivity contribution in [1.82, 2.24) is 0 Å². The van der Waals surface area contributed by atoms with E-state index in [9.17, 15) is 0 Å². The molecule has 0 N–H and O–H groups in total. The van der Waals surface area contributed by atoms with Gasteiger partial charge in [-0.2, -0.15) is 10.2 Å². The van der Waals surface area contributed by atoms with E-state index in [0.29, 0.717) is 0 Å². The molecule has 3 heteroatoms. The Morgan fingerprint density at radius 3 is 1.18 bits per heavy atom. The molecule has 0 atom stereocenters. The molecule has 0 aliphatic rings. The molecule has 0 fully saturated rings. The minimum atomic E-state index is 0. The topological polar surface area (TPSA) is 24.7 Å². The van der Waals surface area contributed by atoms with Crippen molar-refractivity contribution in [2.75, 3.05) is 7.05 Å². The average molecular weight is 541 g/mol. The predicted octanol–water partition coefficient (Wildman–Crippen LogP) is 9.26. The molecule has 0 saturated heterocycles. The fourth-order valence-corrected chi connectivity index (χ4v) is 4.55. The van der Waals surface area contributed by atoms with E-state index in [-0.39, 0.29) is 35.3 Å². The number of aryl methyl sites for hydroxylation is 4. The number of azo groups is 1. The van der Waals surface area contributed by atoms with E-state index >= 15 is 0 Å². The van der Waals surface area contributed by atoms with Crippen LogP contribution in [0.1, 0.15) is 93.7 Å². The van der Waals surface area contributed by atoms with Crippen LogP contribution < -0.4 is 0 Å². The van der Waals surface area contributed by atoms with Crippen molar-refractivity contribution < 1.29 is 20.4 Å². The van der Waals surface area contributed by atoms with Crippen LogP contribution in [0.25, 0.3) is 5.57 Å². The van der Waals surface area contributed by atoms with E-state index in [1.165, 1.54) is 39.0 Å². The molecule has 0 unspecified atom stereocenters. The second-order valence-electron chi connectivity index (χ2n) is 8.16. The molecule has 2 aromatic carbocycles. The smallest absolute Gasteiger partial charge is 0.358 e. The summed E-state index contributed by atoms with van der Waals surface area (Å²) in [5, 5.41) is 8.76. The minimum absolute atomic E-state index is 0. The Hall–Kier alpha value is -1.56. The molecule has 33 heavy (non-hydrogen) atoms. The van der Waals surface area contributed by atoms with E-state index in [1.807, 2.05) is 0 Å². The van der Waals surface area contributed by atoms with Crippen LogP contribution in [0.3, 0.4) is 0 Å². The van der Waals surface area contributed by atoms with Gasteiger partial charge in [-0.15, -0.1) is 0 Å². The van der Waals surface area contributed by atoms with Crippen molar-refractivity contribution >= 4 is 5.57 Å². The molecule has 0 spiro atoms. The van der Waals surface area contributed by atoms with Crippen LogP contribution in [0.5, 0.6) is 0 Å². The summed E-state index contributed by atoms with van der Waals surface area (Å²) in [6.07, 6.45) is 8.92. The summed E-state index contributed by atoms with van der Waals surface area (Å²) in [5.41, 5.74) is 10.9. The largest absolute Gasteiger partial charge is 2.00 e. The Morgan fingerprint density at radius 2 is 0.939 bits per heavy atom. The van der Waals surface area contributed by atoms with Crippen molar-refractivity contribution in [3.8, 4) is 0 Å². The number of nitrogens with zero attached hydrogens (tertiary/aromatic N) is 2. The third kappa shape index (κ3) is 8.62. The molecule has 0 amide bonds. The van der Waals surface area contributed by atoms with Crippen LogP contribution in [-0.2, 0) is 46.1 Å². The van der Waals surface area contributed by atoms with E-state index < -0.39 is 0 Å². The standard InChI is InChI=1S/C28H40N2.2CH3.Pd/c1-7-13-22-17-11-18-23(14-8-2)27(22)26(21(5)30-29-6)28-24(15-9-3)19-12-20-25(28)16-10-4;;;/h11-12,17-20H,7-10,13-16H2,1-6H3;2*1H3;/q;2*-1;+2. The summed E-state index contributed by atoms with van der Waals surface area (Å²) in [6, 6.07) is 13.7. The fourth-order valence-electron chi connectivity index (χ4n) is 4.55. The van der Waals surface area contributed by atoms with Crippen molar-refractivity contribution in [1.29, 1.82) is 0 Å². The quantitative estimate of drug-likeness (QED) is 0.154. The van der Waals surface area contributed by atoms with Gasteiger partial charge in [0.05, 0.1) is 5.70 Å². The van der Waals surface area contributed by atoms with Crippen LogP contribution in [0.15, 0.2) is 52.3 Å². The molecule has 0 radical (unpaired) electrons. The van der Waals surface area contributed by atoms with E-state index in [4.69, 9.17) is 0 Å². The van der Waals surface area contributed by atoms with Gasteiger partial charge >= 0.3 is 20.4 Å². The molecule has 2 rings (SSSR count). The molecular formula is C30H46N2Pd. The van der Waals surface area contributed by atoms with Crippen molar-refractivity contribution in [2.24, 2.45) is 10.2 Å². The summed E-state index contributed by atoms with van der Waals surface area (Å²) in [7, 11) is 1.77. The van der Waals surface area contributed by atoms with Crippen molar-refractivity contribution in [2.45, 2.75) is 86.0 Å². The van der Waals surface area contributed by atoms with Gasteiger partial charge in [-0.25, -0.2) is 0 Å². The van der Waals surface area contributed by atoms with Gasteiger partial charge in [-0.05, 0) is 66.0 Å². The van der Waals surface area contributed by atoms with Crippen LogP contribution in [0.2, 0.25) is 0 Å². The molecule has 0 heterocycles. The number of allylic oxidation sites excluding steroid dienone is 1. The Morgan fingerprint density at radius 1 is 0.636 bits per heavy atom. The van der Waals surface area contributed by atoms with Gasteiger partial charge in [-0.3, -0.25) is 0 Å². The molecule has 2 nitrogen and oxygen atoms in total. The number of benzene rings is 2. The number of hydrogen-bond acceptors (Lipinski definition) is 2. The Bertz CT molecular complexity index is 771. The fraction of sp³-hybridized carbons (Fsp3) is 0.467. The van der Waals surface area contributed by atoms with E-state index in [1.54, 1.807) is 7.05 Å². The van der Waals surface area contributed by atoms with Gasteiger partial charge in [0.1, 0.15) is 0 Å². The number of rotatable bonds is 11. The monoisotopic (exact) mass is 540 g/mol. The van der Waals surface area contributed by atoms with Gasteiger partial charge in [-0.1, -0.05) is 89.8 Å². The molecular weight excluding hydrogens is 495 g/mol. The molecule has 0 aromatic heterocycles. The van der Waals surface area contributed by atoms with Crippen LogP contribution in [-0.4, -0.2) is 7.05 Å². The molecule has 0 aliphatic heterocycles. The van der Waals surface area contributed by atoms with Crippen LogP contribution in [0.4, 0.5) is 0 Å². The van der Waals surface area contributed by atoms with Gasteiger partial charge < -0.3 is 14.9 Å². The summed E-state index contributed by atoms with van der Waals surface area (Å²) in [6.45, 7) is 11.2. The van der Waals surface area contributed by atoms with Gasteiger partial charge in [0.25, 0.3) is 0 Å². The van der Waals surface area contributed by atoms with Crippen LogP contribution in [0, 0.1) is 14.9 Å². The van der Waals surface area contributed by atoms with Gasteiger partial charge in [0.15, 0.2) is 0 Å². The maximum absolute atomic E-state index is 4.59. The Balaban J connectivity index is 0. The SMILES string of the molecule is CCCc1cccc(CCC)c1C(=C(C)N=NC)c1c(CCC)cccc1CCC.[CH3-].[CH3-].[Pd+2]. The second-order valence-corrected chi connectivity index (χ2v) is 8.16. The summed E-state index contributed by atoms with van der Waals surface area (Å²) in [4.78, 5) is 0.